The molecule has 0 saturated carbocycles. The summed E-state index contributed by atoms with van der Waals surface area (Å²) in [5, 5.41) is 14.7. The lowest BCUT2D eigenvalue weighted by molar-refractivity contribution is -0.137. The molecule has 0 bridgehead atoms. The maximum Gasteiger partial charge on any atom is 0.304 e. The lowest BCUT2D eigenvalue weighted by atomic mass is 9.96. The number of hydrogen-bond acceptors (Lipinski definition) is 4. The summed E-state index contributed by atoms with van der Waals surface area (Å²) < 4.78 is 13.5. The number of fused-ring (bicyclic) bond motifs is 1. The first kappa shape index (κ1) is 21.0. The highest BCUT2D eigenvalue weighted by molar-refractivity contribution is 5.79. The average Bonchev–Trinajstić information content (AvgIpc) is 3.42. The van der Waals surface area contributed by atoms with Crippen LogP contribution in [0.1, 0.15) is 36.8 Å². The number of carboxylic acid groups (broad SMARTS) is 1. The Morgan fingerprint density at radius 1 is 1.32 bits per heavy atom. The van der Waals surface area contributed by atoms with Gasteiger partial charge in [-0.3, -0.25) is 9.48 Å². The maximum atomic E-state index is 11.1. The average molecular weight is 418 g/mol. The Morgan fingerprint density at radius 2 is 2.16 bits per heavy atom. The Morgan fingerprint density at radius 3 is 2.87 bits per heavy atom. The molecular weight excluding hydrogens is 392 g/mol. The molecule has 1 N–H and O–H groups in total. The van der Waals surface area contributed by atoms with Gasteiger partial charge in [0.05, 0.1) is 30.7 Å². The van der Waals surface area contributed by atoms with Crippen molar-refractivity contribution in [2.75, 3.05) is 13.2 Å². The van der Waals surface area contributed by atoms with E-state index in [0.29, 0.717) is 12.5 Å². The molecule has 2 atom stereocenters. The van der Waals surface area contributed by atoms with Gasteiger partial charge in [-0.05, 0) is 48.7 Å². The molecule has 160 valence electrons. The number of aliphatic carboxylic acids is 1. The second-order valence-corrected chi connectivity index (χ2v) is 7.85. The molecule has 1 aliphatic rings. The molecule has 4 rings (SSSR count). The lowest BCUT2D eigenvalue weighted by Crippen LogP contribution is -2.11. The van der Waals surface area contributed by atoms with Gasteiger partial charge in [0.25, 0.3) is 0 Å². The second-order valence-electron chi connectivity index (χ2n) is 7.85. The summed E-state index contributed by atoms with van der Waals surface area (Å²) in [6, 6.07) is 13.8. The fourth-order valence-electron chi connectivity index (χ4n) is 3.91. The van der Waals surface area contributed by atoms with Crippen LogP contribution in [0.15, 0.2) is 48.7 Å². The van der Waals surface area contributed by atoms with Crippen molar-refractivity contribution in [3.63, 3.8) is 0 Å². The van der Waals surface area contributed by atoms with Gasteiger partial charge >= 0.3 is 5.97 Å². The van der Waals surface area contributed by atoms with E-state index in [9.17, 15) is 4.79 Å². The number of carbonyl (C=O) groups is 1. The van der Waals surface area contributed by atoms with Crippen LogP contribution < -0.4 is 4.74 Å². The van der Waals surface area contributed by atoms with E-state index < -0.39 is 5.97 Å². The first-order valence-corrected chi connectivity index (χ1v) is 10.5. The predicted molar refractivity (Wildman–Crippen MR) is 118 cm³/mol. The minimum absolute atomic E-state index is 0.0114. The standard InChI is InChI=1S/C25H26N2O4/c1-2-3-21(13-25(28)29)20-5-7-23(8-6-20)31-17-18-4-9-24-22(12-18)14-26-27(24)15-19-10-11-30-16-19/h4-9,12,14,19,21H,10-11,13,15-17H2,1H3,(H,28,29)/t19?,21-/m0/s1. The van der Waals surface area contributed by atoms with Crippen LogP contribution in [0.5, 0.6) is 5.75 Å². The van der Waals surface area contributed by atoms with Crippen molar-refractivity contribution in [1.82, 2.24) is 9.78 Å². The summed E-state index contributed by atoms with van der Waals surface area (Å²) in [6.07, 6.45) is 2.98. The zero-order valence-corrected chi connectivity index (χ0v) is 17.6. The van der Waals surface area contributed by atoms with E-state index in [1.807, 2.05) is 30.5 Å². The highest BCUT2D eigenvalue weighted by Gasteiger charge is 2.17. The molecule has 2 heterocycles. The fraction of sp³-hybridized carbons (Fsp3) is 0.360. The Balaban J connectivity index is 1.39. The Bertz CT molecular complexity index is 1100. The summed E-state index contributed by atoms with van der Waals surface area (Å²) in [6.45, 7) is 4.71. The first-order valence-electron chi connectivity index (χ1n) is 10.5. The van der Waals surface area contributed by atoms with Crippen molar-refractivity contribution in [3.05, 3.63) is 59.8 Å². The molecular formula is C25H26N2O4. The molecule has 1 fully saturated rings. The van der Waals surface area contributed by atoms with Crippen molar-refractivity contribution in [1.29, 1.82) is 0 Å². The zero-order chi connectivity index (χ0) is 21.6. The van der Waals surface area contributed by atoms with Crippen molar-refractivity contribution in [2.24, 2.45) is 5.92 Å². The second kappa shape index (κ2) is 9.67. The number of hydrogen-bond donors (Lipinski definition) is 1. The summed E-state index contributed by atoms with van der Waals surface area (Å²) >= 11 is 0. The van der Waals surface area contributed by atoms with Crippen LogP contribution in [0.25, 0.3) is 10.9 Å². The van der Waals surface area contributed by atoms with Crippen molar-refractivity contribution < 1.29 is 19.4 Å². The minimum atomic E-state index is -0.858. The van der Waals surface area contributed by atoms with Gasteiger partial charge in [-0.1, -0.05) is 24.1 Å². The van der Waals surface area contributed by atoms with Crippen LogP contribution in [-0.2, 0) is 22.7 Å². The summed E-state index contributed by atoms with van der Waals surface area (Å²) in [7, 11) is 0. The molecule has 31 heavy (non-hydrogen) atoms. The van der Waals surface area contributed by atoms with Crippen LogP contribution in [0.3, 0.4) is 0 Å². The molecule has 1 aromatic heterocycles. The number of nitrogens with zero attached hydrogens (tertiary/aromatic N) is 2. The van der Waals surface area contributed by atoms with E-state index in [0.717, 1.165) is 54.0 Å². The van der Waals surface area contributed by atoms with Gasteiger partial charge in [0.1, 0.15) is 12.4 Å². The smallest absolute Gasteiger partial charge is 0.304 e. The topological polar surface area (TPSA) is 73.6 Å². The molecule has 0 spiro atoms. The largest absolute Gasteiger partial charge is 0.489 e. The van der Waals surface area contributed by atoms with Gasteiger partial charge in [0.15, 0.2) is 0 Å². The third-order valence-electron chi connectivity index (χ3n) is 5.55. The maximum absolute atomic E-state index is 11.1. The number of aromatic nitrogens is 2. The van der Waals surface area contributed by atoms with Gasteiger partial charge < -0.3 is 14.6 Å². The lowest BCUT2D eigenvalue weighted by Gasteiger charge is -2.11. The first-order chi connectivity index (χ1) is 15.1. The fourth-order valence-corrected chi connectivity index (χ4v) is 3.91. The van der Waals surface area contributed by atoms with Gasteiger partial charge in [-0.2, -0.15) is 5.10 Å². The van der Waals surface area contributed by atoms with Crippen molar-refractivity contribution >= 4 is 16.9 Å². The Labute approximate surface area is 181 Å². The summed E-state index contributed by atoms with van der Waals surface area (Å²) in [5.41, 5.74) is 3.08. The highest BCUT2D eigenvalue weighted by atomic mass is 16.5. The van der Waals surface area contributed by atoms with Gasteiger partial charge in [-0.25, -0.2) is 0 Å². The normalized spacial score (nSPS) is 16.6. The molecule has 0 radical (unpaired) electrons. The van der Waals surface area contributed by atoms with Crippen LogP contribution >= 0.6 is 0 Å². The molecule has 1 aliphatic heterocycles. The van der Waals surface area contributed by atoms with Gasteiger partial charge in [-0.15, -0.1) is 5.92 Å². The highest BCUT2D eigenvalue weighted by Crippen LogP contribution is 2.24. The van der Waals surface area contributed by atoms with Crippen LogP contribution in [0.4, 0.5) is 0 Å². The van der Waals surface area contributed by atoms with Gasteiger partial charge in [0.2, 0.25) is 0 Å². The van der Waals surface area contributed by atoms with Crippen molar-refractivity contribution in [2.45, 2.75) is 38.8 Å². The quantitative estimate of drug-likeness (QED) is 0.554. The van der Waals surface area contributed by atoms with E-state index in [1.54, 1.807) is 6.92 Å². The number of benzene rings is 2. The van der Waals surface area contributed by atoms with E-state index in [-0.39, 0.29) is 12.3 Å². The van der Waals surface area contributed by atoms with Crippen LogP contribution in [0.2, 0.25) is 0 Å². The third-order valence-corrected chi connectivity index (χ3v) is 5.55. The number of carboxylic acids is 1. The van der Waals surface area contributed by atoms with E-state index in [2.05, 4.69) is 39.8 Å². The minimum Gasteiger partial charge on any atom is -0.489 e. The molecule has 1 unspecified atom stereocenters. The predicted octanol–water partition coefficient (Wildman–Crippen LogP) is 4.23. The zero-order valence-electron chi connectivity index (χ0n) is 17.6. The van der Waals surface area contributed by atoms with Gasteiger partial charge in [0, 0.05) is 24.5 Å². The molecule has 0 aliphatic carbocycles. The van der Waals surface area contributed by atoms with Crippen LogP contribution in [-0.4, -0.2) is 34.1 Å². The Hall–Kier alpha value is -3.30. The summed E-state index contributed by atoms with van der Waals surface area (Å²) in [5.74, 6) is 5.87. The molecule has 6 heteroatoms. The van der Waals surface area contributed by atoms with E-state index in [1.165, 1.54) is 0 Å². The van der Waals surface area contributed by atoms with E-state index >= 15 is 0 Å². The van der Waals surface area contributed by atoms with E-state index in [4.69, 9.17) is 14.6 Å². The third kappa shape index (κ3) is 5.25. The molecule has 2 aromatic carbocycles. The summed E-state index contributed by atoms with van der Waals surface area (Å²) in [4.78, 5) is 11.1. The Kier molecular flexibility index (Phi) is 6.54. The SMILES string of the molecule is CC#C[C@@H](CC(=O)O)c1ccc(OCc2ccc3c(cnn3CC3CCOC3)c2)cc1. The van der Waals surface area contributed by atoms with Crippen LogP contribution in [0, 0.1) is 17.8 Å². The molecule has 0 amide bonds. The molecule has 3 aromatic rings. The number of rotatable bonds is 8. The molecule has 1 saturated heterocycles. The van der Waals surface area contributed by atoms with Crippen molar-refractivity contribution in [3.8, 4) is 17.6 Å². The number of ether oxygens (including phenoxy) is 2. The monoisotopic (exact) mass is 418 g/mol. The molecule has 6 nitrogen and oxygen atoms in total.